The number of esters is 1. The summed E-state index contributed by atoms with van der Waals surface area (Å²) in [5.41, 5.74) is 1.26. The Labute approximate surface area is 200 Å². The van der Waals surface area contributed by atoms with E-state index in [1.165, 1.54) is 7.11 Å². The van der Waals surface area contributed by atoms with Crippen molar-refractivity contribution in [2.24, 2.45) is 0 Å². The monoisotopic (exact) mass is 487 g/mol. The highest BCUT2D eigenvalue weighted by molar-refractivity contribution is 6.26. The molecule has 2 aromatic carbocycles. The fourth-order valence-corrected chi connectivity index (χ4v) is 4.66. The number of alkyl halides is 1. The van der Waals surface area contributed by atoms with E-state index in [1.54, 1.807) is 24.3 Å². The first-order valence-corrected chi connectivity index (χ1v) is 11.3. The molecule has 2 aromatic rings. The number of carbonyl (C=O) groups is 3. The van der Waals surface area contributed by atoms with Gasteiger partial charge in [0.1, 0.15) is 24.1 Å². The molecule has 0 aliphatic carbocycles. The number of halogens is 1. The number of hydrogen-bond acceptors (Lipinski definition) is 8. The second-order valence-electron chi connectivity index (χ2n) is 8.06. The van der Waals surface area contributed by atoms with Gasteiger partial charge in [0.25, 0.3) is 11.8 Å². The first-order valence-electron chi connectivity index (χ1n) is 10.8. The number of fused-ring (bicyclic) bond motifs is 2. The van der Waals surface area contributed by atoms with E-state index >= 15 is 0 Å². The Bertz CT molecular complexity index is 1060. The molecule has 10 heteroatoms. The third-order valence-electron chi connectivity index (χ3n) is 6.11. The van der Waals surface area contributed by atoms with Crippen LogP contribution in [0.2, 0.25) is 0 Å². The zero-order chi connectivity index (χ0) is 23.8. The summed E-state index contributed by atoms with van der Waals surface area (Å²) in [7, 11) is 1.38. The van der Waals surface area contributed by atoms with Gasteiger partial charge >= 0.3 is 5.97 Å². The molecule has 0 spiro atoms. The summed E-state index contributed by atoms with van der Waals surface area (Å²) in [6, 6.07) is 14.6. The lowest BCUT2D eigenvalue weighted by molar-refractivity contribution is -0.346. The fourth-order valence-electron chi connectivity index (χ4n) is 4.60. The Morgan fingerprint density at radius 3 is 2.29 bits per heavy atom. The quantitative estimate of drug-likeness (QED) is 0.360. The van der Waals surface area contributed by atoms with Crippen molar-refractivity contribution in [3.8, 4) is 0 Å². The molecule has 6 atom stereocenters. The van der Waals surface area contributed by atoms with Crippen LogP contribution in [0.5, 0.6) is 0 Å². The van der Waals surface area contributed by atoms with Crippen molar-refractivity contribution in [1.82, 2.24) is 4.90 Å². The minimum absolute atomic E-state index is 0.119. The van der Waals surface area contributed by atoms with E-state index in [4.69, 9.17) is 35.3 Å². The summed E-state index contributed by atoms with van der Waals surface area (Å²) < 4.78 is 29.3. The standard InChI is InChI=1S/C24H22ClNO8/c1-30-24-18(26-21(28)14-9-5-6-10-15(14)22(26)29)20(33-17(27)11-25)19-16(32-24)12-31-23(34-19)13-7-3-2-4-8-13/h2-10,16,18-20,23-24H,11-12H2,1H3/t16-,18-,19-,20-,23-,24-/m1/s1. The Balaban J connectivity index is 1.52. The van der Waals surface area contributed by atoms with Crippen LogP contribution in [0, 0.1) is 0 Å². The van der Waals surface area contributed by atoms with Crippen LogP contribution >= 0.6 is 11.6 Å². The van der Waals surface area contributed by atoms with Crippen molar-refractivity contribution < 1.29 is 38.1 Å². The summed E-state index contributed by atoms with van der Waals surface area (Å²) in [5, 5.41) is 0. The number of imide groups is 1. The predicted octanol–water partition coefficient (Wildman–Crippen LogP) is 2.29. The maximum Gasteiger partial charge on any atom is 0.321 e. The summed E-state index contributed by atoms with van der Waals surface area (Å²) >= 11 is 5.73. The largest absolute Gasteiger partial charge is 0.456 e. The average Bonchev–Trinajstić information content (AvgIpc) is 3.13. The summed E-state index contributed by atoms with van der Waals surface area (Å²) in [4.78, 5) is 39.9. The van der Waals surface area contributed by atoms with E-state index < -0.39 is 60.6 Å². The van der Waals surface area contributed by atoms with Crippen LogP contribution in [0.15, 0.2) is 54.6 Å². The third-order valence-corrected chi connectivity index (χ3v) is 6.33. The van der Waals surface area contributed by atoms with Crippen molar-refractivity contribution in [1.29, 1.82) is 0 Å². The first kappa shape index (κ1) is 22.9. The normalized spacial score (nSPS) is 30.6. The molecule has 2 amide bonds. The number of amides is 2. The van der Waals surface area contributed by atoms with Crippen LogP contribution in [0.25, 0.3) is 0 Å². The Morgan fingerprint density at radius 2 is 1.68 bits per heavy atom. The van der Waals surface area contributed by atoms with Crippen LogP contribution in [0.1, 0.15) is 32.6 Å². The lowest BCUT2D eigenvalue weighted by Crippen LogP contribution is -2.68. The Morgan fingerprint density at radius 1 is 1.03 bits per heavy atom. The molecule has 178 valence electrons. The number of rotatable bonds is 5. The minimum atomic E-state index is -1.11. The fraction of sp³-hybridized carbons (Fsp3) is 0.375. The molecule has 3 aliphatic rings. The van der Waals surface area contributed by atoms with Crippen molar-refractivity contribution in [2.45, 2.75) is 36.9 Å². The van der Waals surface area contributed by atoms with Crippen LogP contribution < -0.4 is 0 Å². The molecule has 0 bridgehead atoms. The second-order valence-corrected chi connectivity index (χ2v) is 8.33. The molecule has 5 rings (SSSR count). The minimum Gasteiger partial charge on any atom is -0.456 e. The number of nitrogens with zero attached hydrogens (tertiary/aromatic N) is 1. The lowest BCUT2D eigenvalue weighted by Gasteiger charge is -2.50. The van der Waals surface area contributed by atoms with Crippen LogP contribution in [0.3, 0.4) is 0 Å². The topological polar surface area (TPSA) is 101 Å². The van der Waals surface area contributed by atoms with E-state index in [2.05, 4.69) is 0 Å². The van der Waals surface area contributed by atoms with Crippen LogP contribution in [-0.4, -0.2) is 72.9 Å². The van der Waals surface area contributed by atoms with Crippen molar-refractivity contribution in [2.75, 3.05) is 19.6 Å². The van der Waals surface area contributed by atoms with Gasteiger partial charge in [-0.2, -0.15) is 0 Å². The Hall–Kier alpha value is -2.82. The van der Waals surface area contributed by atoms with Gasteiger partial charge in [0, 0.05) is 12.7 Å². The molecule has 3 aliphatic heterocycles. The molecule has 0 N–H and O–H groups in total. The molecule has 9 nitrogen and oxygen atoms in total. The van der Waals surface area contributed by atoms with Gasteiger partial charge in [0.15, 0.2) is 18.7 Å². The third kappa shape index (κ3) is 3.89. The van der Waals surface area contributed by atoms with E-state index in [1.807, 2.05) is 30.3 Å². The number of carbonyl (C=O) groups excluding carboxylic acids is 3. The van der Waals surface area contributed by atoms with E-state index in [-0.39, 0.29) is 17.7 Å². The van der Waals surface area contributed by atoms with Gasteiger partial charge < -0.3 is 23.7 Å². The van der Waals surface area contributed by atoms with Crippen molar-refractivity contribution in [3.05, 3.63) is 71.3 Å². The molecule has 2 saturated heterocycles. The average molecular weight is 488 g/mol. The Kier molecular flexibility index (Phi) is 6.37. The molecular weight excluding hydrogens is 466 g/mol. The lowest BCUT2D eigenvalue weighted by atomic mass is 9.94. The number of ether oxygens (including phenoxy) is 5. The molecule has 0 radical (unpaired) electrons. The predicted molar refractivity (Wildman–Crippen MR) is 117 cm³/mol. The zero-order valence-corrected chi connectivity index (χ0v) is 18.9. The zero-order valence-electron chi connectivity index (χ0n) is 18.2. The number of hydrogen-bond donors (Lipinski definition) is 0. The van der Waals surface area contributed by atoms with Gasteiger partial charge in [-0.1, -0.05) is 42.5 Å². The highest BCUT2D eigenvalue weighted by Crippen LogP contribution is 2.39. The van der Waals surface area contributed by atoms with E-state index in [9.17, 15) is 14.4 Å². The van der Waals surface area contributed by atoms with Crippen LogP contribution in [0.4, 0.5) is 0 Å². The van der Waals surface area contributed by atoms with Gasteiger partial charge in [0.05, 0.1) is 17.7 Å². The van der Waals surface area contributed by atoms with Gasteiger partial charge in [-0.15, -0.1) is 11.6 Å². The SMILES string of the molecule is CO[C@@H]1O[C@@H]2CO[C@@H](c3ccccc3)O[C@H]2[C@H](OC(=O)CCl)[C@H]1N1C(=O)c2ccccc2C1=O. The van der Waals surface area contributed by atoms with Gasteiger partial charge in [0.2, 0.25) is 0 Å². The first-order chi connectivity index (χ1) is 16.5. The van der Waals surface area contributed by atoms with E-state index in [0.29, 0.717) is 0 Å². The van der Waals surface area contributed by atoms with Gasteiger partial charge in [-0.05, 0) is 12.1 Å². The smallest absolute Gasteiger partial charge is 0.321 e. The van der Waals surface area contributed by atoms with Crippen LogP contribution in [-0.2, 0) is 28.5 Å². The molecular formula is C24H22ClNO8. The summed E-state index contributed by atoms with van der Waals surface area (Å²) in [5.74, 6) is -2.21. The molecule has 2 fully saturated rings. The van der Waals surface area contributed by atoms with Gasteiger partial charge in [-0.3, -0.25) is 19.3 Å². The highest BCUT2D eigenvalue weighted by atomic mass is 35.5. The number of methoxy groups -OCH3 is 1. The molecule has 0 aromatic heterocycles. The second kappa shape index (κ2) is 9.44. The highest BCUT2D eigenvalue weighted by Gasteiger charge is 2.57. The molecule has 34 heavy (non-hydrogen) atoms. The summed E-state index contributed by atoms with van der Waals surface area (Å²) in [6.45, 7) is 0.119. The van der Waals surface area contributed by atoms with Crippen molar-refractivity contribution in [3.63, 3.8) is 0 Å². The maximum atomic E-state index is 13.3. The van der Waals surface area contributed by atoms with Gasteiger partial charge in [-0.25, -0.2) is 0 Å². The maximum absolute atomic E-state index is 13.3. The number of benzene rings is 2. The van der Waals surface area contributed by atoms with Crippen molar-refractivity contribution >= 4 is 29.4 Å². The molecule has 3 heterocycles. The summed E-state index contributed by atoms with van der Waals surface area (Å²) in [6.07, 6.45) is -4.48. The van der Waals surface area contributed by atoms with E-state index in [0.717, 1.165) is 10.5 Å². The molecule has 0 unspecified atom stereocenters. The molecule has 0 saturated carbocycles.